The summed E-state index contributed by atoms with van der Waals surface area (Å²) >= 11 is 1.43. The minimum atomic E-state index is -0.495. The highest BCUT2D eigenvalue weighted by Gasteiger charge is 2.24. The highest BCUT2D eigenvalue weighted by Crippen LogP contribution is 2.26. The lowest BCUT2D eigenvalue weighted by Crippen LogP contribution is -2.47. The lowest BCUT2D eigenvalue weighted by Gasteiger charge is -2.33. The Bertz CT molecular complexity index is 969. The van der Waals surface area contributed by atoms with Gasteiger partial charge < -0.3 is 15.5 Å². The molecule has 0 unspecified atom stereocenters. The number of hydroxylamine groups is 2. The number of thiazole rings is 1. The lowest BCUT2D eigenvalue weighted by molar-refractivity contribution is -0.0966. The van der Waals surface area contributed by atoms with E-state index < -0.39 is 6.09 Å². The fraction of sp³-hybridized carbons (Fsp3) is 0.294. The zero-order chi connectivity index (χ0) is 18.8. The van der Waals surface area contributed by atoms with Crippen LogP contribution in [0.2, 0.25) is 0 Å². The number of hydrogen-bond donors (Lipinski definition) is 2. The van der Waals surface area contributed by atoms with Crippen molar-refractivity contribution >= 4 is 45.2 Å². The number of benzene rings is 1. The van der Waals surface area contributed by atoms with Gasteiger partial charge in [-0.15, -0.1) is 16.4 Å². The van der Waals surface area contributed by atoms with Crippen LogP contribution in [0.3, 0.4) is 0 Å². The first kappa shape index (κ1) is 17.4. The maximum absolute atomic E-state index is 12.1. The van der Waals surface area contributed by atoms with Gasteiger partial charge >= 0.3 is 6.09 Å². The molecule has 1 fully saturated rings. The van der Waals surface area contributed by atoms with Crippen LogP contribution in [0.15, 0.2) is 29.8 Å². The van der Waals surface area contributed by atoms with Crippen LogP contribution < -0.4 is 16.0 Å². The zero-order valence-corrected chi connectivity index (χ0v) is 15.6. The molecule has 27 heavy (non-hydrogen) atoms. The van der Waals surface area contributed by atoms with Gasteiger partial charge in [0.2, 0.25) is 5.95 Å². The van der Waals surface area contributed by atoms with E-state index in [2.05, 4.69) is 25.2 Å². The van der Waals surface area contributed by atoms with Crippen molar-refractivity contribution in [3.8, 4) is 0 Å². The fourth-order valence-electron chi connectivity index (χ4n) is 2.94. The third-order valence-electron chi connectivity index (χ3n) is 4.33. The number of hydrogen-bond acceptors (Lipinski definition) is 9. The summed E-state index contributed by atoms with van der Waals surface area (Å²) in [5.74, 6) is 0.959. The number of rotatable bonds is 3. The number of para-hydroxylation sites is 1. The lowest BCUT2D eigenvalue weighted by atomic mass is 10.2. The molecule has 0 bridgehead atoms. The van der Waals surface area contributed by atoms with Crippen LogP contribution in [0.5, 0.6) is 0 Å². The van der Waals surface area contributed by atoms with Crippen LogP contribution in [-0.2, 0) is 4.84 Å². The van der Waals surface area contributed by atoms with Crippen molar-refractivity contribution in [2.45, 2.75) is 6.92 Å². The predicted molar refractivity (Wildman–Crippen MR) is 105 cm³/mol. The maximum Gasteiger partial charge on any atom is 0.430 e. The molecule has 9 nitrogen and oxygen atoms in total. The van der Waals surface area contributed by atoms with Gasteiger partial charge in [0, 0.05) is 18.8 Å². The Morgan fingerprint density at radius 2 is 2.00 bits per heavy atom. The SMILES string of the molecule is Cc1ccccc1NC(=O)ON1CCN(c2nc(N)nc3scnc23)CC1. The van der Waals surface area contributed by atoms with Gasteiger partial charge in [-0.25, -0.2) is 14.8 Å². The molecule has 1 aliphatic rings. The monoisotopic (exact) mass is 385 g/mol. The van der Waals surface area contributed by atoms with Gasteiger partial charge in [0.15, 0.2) is 10.6 Å². The van der Waals surface area contributed by atoms with E-state index in [-0.39, 0.29) is 5.95 Å². The van der Waals surface area contributed by atoms with Crippen molar-refractivity contribution < 1.29 is 9.63 Å². The van der Waals surface area contributed by atoms with Crippen molar-refractivity contribution in [3.05, 3.63) is 35.3 Å². The molecule has 0 spiro atoms. The topological polar surface area (TPSA) is 110 Å². The Hall–Kier alpha value is -2.98. The van der Waals surface area contributed by atoms with Crippen LogP contribution in [0, 0.1) is 6.92 Å². The van der Waals surface area contributed by atoms with Crippen LogP contribution in [-0.4, -0.2) is 52.3 Å². The minimum Gasteiger partial charge on any atom is -0.368 e. The summed E-state index contributed by atoms with van der Waals surface area (Å²) in [5.41, 5.74) is 10.0. The Morgan fingerprint density at radius 3 is 2.78 bits per heavy atom. The van der Waals surface area contributed by atoms with Crippen molar-refractivity contribution in [3.63, 3.8) is 0 Å². The van der Waals surface area contributed by atoms with Crippen LogP contribution in [0.25, 0.3) is 10.3 Å². The van der Waals surface area contributed by atoms with Gasteiger partial charge in [0.25, 0.3) is 0 Å². The summed E-state index contributed by atoms with van der Waals surface area (Å²) < 4.78 is 0. The average Bonchev–Trinajstić information content (AvgIpc) is 3.12. The average molecular weight is 385 g/mol. The number of nitrogens with zero attached hydrogens (tertiary/aromatic N) is 5. The quantitative estimate of drug-likeness (QED) is 0.707. The first-order valence-electron chi connectivity index (χ1n) is 8.51. The summed E-state index contributed by atoms with van der Waals surface area (Å²) in [6.07, 6.45) is -0.495. The van der Waals surface area contributed by atoms with Gasteiger partial charge in [-0.2, -0.15) is 4.98 Å². The van der Waals surface area contributed by atoms with Gasteiger partial charge in [0.1, 0.15) is 5.52 Å². The number of nitrogens with one attached hydrogen (secondary N) is 1. The molecule has 10 heteroatoms. The van der Waals surface area contributed by atoms with E-state index in [1.54, 1.807) is 10.6 Å². The van der Waals surface area contributed by atoms with Crippen molar-refractivity contribution in [2.75, 3.05) is 42.1 Å². The fourth-order valence-corrected chi connectivity index (χ4v) is 3.60. The Kier molecular flexibility index (Phi) is 4.73. The molecule has 3 heterocycles. The Labute approximate surface area is 159 Å². The van der Waals surface area contributed by atoms with Gasteiger partial charge in [-0.3, -0.25) is 5.32 Å². The second kappa shape index (κ2) is 7.33. The number of carbonyl (C=O) groups is 1. The number of nitrogen functional groups attached to an aromatic ring is 1. The molecular weight excluding hydrogens is 366 g/mol. The second-order valence-corrected chi connectivity index (χ2v) is 6.98. The number of fused-ring (bicyclic) bond motifs is 1. The minimum absolute atomic E-state index is 0.234. The molecule has 1 aliphatic heterocycles. The maximum atomic E-state index is 12.1. The number of piperazine rings is 1. The van der Waals surface area contributed by atoms with Crippen molar-refractivity contribution in [1.29, 1.82) is 0 Å². The molecule has 1 amide bonds. The molecule has 0 atom stereocenters. The van der Waals surface area contributed by atoms with E-state index >= 15 is 0 Å². The van der Waals surface area contributed by atoms with E-state index in [1.165, 1.54) is 11.3 Å². The molecule has 4 rings (SSSR count). The third-order valence-corrected chi connectivity index (χ3v) is 5.05. The number of aryl methyl sites for hydroxylation is 1. The molecule has 3 aromatic rings. The number of nitrogens with two attached hydrogens (primary N) is 1. The standard InChI is InChI=1S/C17H19N7O2S/c1-11-4-2-3-5-12(11)20-17(25)26-24-8-6-23(7-9-24)14-13-15(27-10-19-13)22-16(18)21-14/h2-5,10H,6-9H2,1H3,(H,20,25)(H2,18,21,22). The molecule has 0 aliphatic carbocycles. The Morgan fingerprint density at radius 1 is 1.22 bits per heavy atom. The number of anilines is 3. The molecule has 2 aromatic heterocycles. The summed E-state index contributed by atoms with van der Waals surface area (Å²) in [6.45, 7) is 4.32. The van der Waals surface area contributed by atoms with E-state index in [9.17, 15) is 4.79 Å². The van der Waals surface area contributed by atoms with E-state index in [1.807, 2.05) is 31.2 Å². The smallest absolute Gasteiger partial charge is 0.368 e. The summed E-state index contributed by atoms with van der Waals surface area (Å²) in [5, 5.41) is 4.41. The normalized spacial score (nSPS) is 15.1. The Balaban J connectivity index is 1.37. The molecule has 0 saturated carbocycles. The summed E-state index contributed by atoms with van der Waals surface area (Å²) in [6, 6.07) is 7.56. The van der Waals surface area contributed by atoms with Crippen LogP contribution in [0.4, 0.5) is 22.2 Å². The van der Waals surface area contributed by atoms with E-state index in [0.29, 0.717) is 26.2 Å². The largest absolute Gasteiger partial charge is 0.430 e. The predicted octanol–water partition coefficient (Wildman–Crippen LogP) is 2.26. The number of carbonyl (C=O) groups excluding carboxylic acids is 1. The summed E-state index contributed by atoms with van der Waals surface area (Å²) in [7, 11) is 0. The van der Waals surface area contributed by atoms with Gasteiger partial charge in [-0.1, -0.05) is 18.2 Å². The second-order valence-electron chi connectivity index (χ2n) is 6.15. The molecule has 1 saturated heterocycles. The highest BCUT2D eigenvalue weighted by atomic mass is 32.1. The molecule has 1 aromatic carbocycles. The van der Waals surface area contributed by atoms with Gasteiger partial charge in [-0.05, 0) is 18.6 Å². The number of amides is 1. The van der Waals surface area contributed by atoms with Crippen molar-refractivity contribution in [2.24, 2.45) is 0 Å². The number of aromatic nitrogens is 3. The molecule has 3 N–H and O–H groups in total. The van der Waals surface area contributed by atoms with Gasteiger partial charge in [0.05, 0.1) is 18.6 Å². The van der Waals surface area contributed by atoms with E-state index in [0.717, 1.165) is 27.4 Å². The highest BCUT2D eigenvalue weighted by molar-refractivity contribution is 7.16. The molecule has 140 valence electrons. The third kappa shape index (κ3) is 3.76. The van der Waals surface area contributed by atoms with Crippen LogP contribution >= 0.6 is 11.3 Å². The van der Waals surface area contributed by atoms with E-state index in [4.69, 9.17) is 10.6 Å². The first-order chi connectivity index (χ1) is 13.1. The zero-order valence-electron chi connectivity index (χ0n) is 14.8. The van der Waals surface area contributed by atoms with Crippen molar-refractivity contribution in [1.82, 2.24) is 20.0 Å². The first-order valence-corrected chi connectivity index (χ1v) is 9.39. The van der Waals surface area contributed by atoms with Crippen LogP contribution in [0.1, 0.15) is 5.56 Å². The molecule has 0 radical (unpaired) electrons. The summed E-state index contributed by atoms with van der Waals surface area (Å²) in [4.78, 5) is 33.3. The molecular formula is C17H19N7O2S.